The third-order valence-electron chi connectivity index (χ3n) is 4.68. The van der Waals surface area contributed by atoms with Crippen LogP contribution in [0.1, 0.15) is 44.4 Å². The van der Waals surface area contributed by atoms with Gasteiger partial charge in [0.15, 0.2) is 11.5 Å². The first-order valence-corrected chi connectivity index (χ1v) is 13.0. The van der Waals surface area contributed by atoms with Crippen molar-refractivity contribution >= 4 is 57.5 Å². The largest absolute Gasteiger partial charge is 0.490 e. The number of benzene rings is 2. The first kappa shape index (κ1) is 27.1. The summed E-state index contributed by atoms with van der Waals surface area (Å²) in [6.07, 6.45) is 1.62. The standard InChI is InChI=1S/C26H28INO6S/c1-6-32-20-12-18(11-19(27)23(20)33-15-17-9-7-8-16(2)10-17)13-21-24(30)28(25(31)35-21)14-22(29)34-26(3,4)5/h7-13H,6,14-15H2,1-5H3. The van der Waals surface area contributed by atoms with E-state index in [2.05, 4.69) is 28.7 Å². The topological polar surface area (TPSA) is 82.1 Å². The number of rotatable bonds is 8. The van der Waals surface area contributed by atoms with Crippen molar-refractivity contribution in [3.63, 3.8) is 0 Å². The lowest BCUT2D eigenvalue weighted by molar-refractivity contribution is -0.156. The molecule has 0 saturated carbocycles. The molecule has 0 radical (unpaired) electrons. The van der Waals surface area contributed by atoms with Crippen molar-refractivity contribution in [3.8, 4) is 11.5 Å². The van der Waals surface area contributed by atoms with E-state index in [0.717, 1.165) is 31.4 Å². The molecule has 2 aromatic carbocycles. The molecule has 0 atom stereocenters. The third-order valence-corrected chi connectivity index (χ3v) is 6.38. The lowest BCUT2D eigenvalue weighted by Gasteiger charge is -2.21. The van der Waals surface area contributed by atoms with Crippen LogP contribution in [0.2, 0.25) is 0 Å². The van der Waals surface area contributed by atoms with Gasteiger partial charge in [0.25, 0.3) is 11.1 Å². The second kappa shape index (κ2) is 11.5. The van der Waals surface area contributed by atoms with Crippen LogP contribution in [0.3, 0.4) is 0 Å². The molecule has 0 bridgehead atoms. The maximum Gasteiger partial charge on any atom is 0.326 e. The fraction of sp³-hybridized carbons (Fsp3) is 0.346. The molecule has 0 unspecified atom stereocenters. The van der Waals surface area contributed by atoms with Gasteiger partial charge < -0.3 is 14.2 Å². The van der Waals surface area contributed by atoms with Crippen LogP contribution in [0.15, 0.2) is 41.3 Å². The minimum atomic E-state index is -0.704. The highest BCUT2D eigenvalue weighted by Crippen LogP contribution is 2.38. The van der Waals surface area contributed by atoms with Gasteiger partial charge in [-0.15, -0.1) is 0 Å². The number of amides is 2. The van der Waals surface area contributed by atoms with Crippen LogP contribution >= 0.6 is 34.4 Å². The van der Waals surface area contributed by atoms with Crippen molar-refractivity contribution in [2.75, 3.05) is 13.2 Å². The maximum absolute atomic E-state index is 12.8. The Bertz CT molecular complexity index is 1170. The van der Waals surface area contributed by atoms with Crippen molar-refractivity contribution in [2.45, 2.75) is 46.8 Å². The third kappa shape index (κ3) is 7.47. The van der Waals surface area contributed by atoms with Crippen LogP contribution in [0, 0.1) is 10.5 Å². The SMILES string of the molecule is CCOc1cc(C=C2SC(=O)N(CC(=O)OC(C)(C)C)C2=O)cc(I)c1OCc1cccc(C)c1. The van der Waals surface area contributed by atoms with Gasteiger partial charge in [0, 0.05) is 0 Å². The van der Waals surface area contributed by atoms with Gasteiger partial charge in [-0.2, -0.15) is 0 Å². The predicted octanol–water partition coefficient (Wildman–Crippen LogP) is 5.96. The molecule has 1 aliphatic heterocycles. The van der Waals surface area contributed by atoms with Crippen molar-refractivity contribution < 1.29 is 28.6 Å². The summed E-state index contributed by atoms with van der Waals surface area (Å²) in [5.74, 6) is -0.00151. The molecule has 1 saturated heterocycles. The number of imide groups is 1. The fourth-order valence-corrected chi connectivity index (χ4v) is 4.94. The average molecular weight is 609 g/mol. The molecular formula is C26H28INO6S. The summed E-state index contributed by atoms with van der Waals surface area (Å²) in [5.41, 5.74) is 2.18. The number of carbonyl (C=O) groups is 3. The normalized spacial score (nSPS) is 15.0. The number of carbonyl (C=O) groups excluding carboxylic acids is 3. The number of aryl methyl sites for hydroxylation is 1. The first-order valence-electron chi connectivity index (χ1n) is 11.1. The molecule has 186 valence electrons. The summed E-state index contributed by atoms with van der Waals surface area (Å²) < 4.78 is 17.9. The number of hydrogen-bond acceptors (Lipinski definition) is 7. The molecule has 0 spiro atoms. The van der Waals surface area contributed by atoms with Gasteiger partial charge in [-0.3, -0.25) is 19.3 Å². The van der Waals surface area contributed by atoms with Gasteiger partial charge >= 0.3 is 5.97 Å². The number of hydrogen-bond donors (Lipinski definition) is 0. The monoisotopic (exact) mass is 609 g/mol. The molecule has 1 heterocycles. The van der Waals surface area contributed by atoms with Crippen molar-refractivity contribution in [1.82, 2.24) is 4.90 Å². The zero-order valence-corrected chi connectivity index (χ0v) is 23.3. The van der Waals surface area contributed by atoms with Crippen LogP contribution in [-0.4, -0.2) is 40.8 Å². The summed E-state index contributed by atoms with van der Waals surface area (Å²) in [6, 6.07) is 11.7. The number of ether oxygens (including phenoxy) is 3. The molecule has 0 N–H and O–H groups in total. The zero-order chi connectivity index (χ0) is 25.8. The summed E-state index contributed by atoms with van der Waals surface area (Å²) in [6.45, 7) is 9.49. The van der Waals surface area contributed by atoms with E-state index in [1.165, 1.54) is 0 Å². The van der Waals surface area contributed by atoms with Gasteiger partial charge in [0.05, 0.1) is 15.1 Å². The molecule has 9 heteroatoms. The van der Waals surface area contributed by atoms with E-state index in [4.69, 9.17) is 14.2 Å². The highest BCUT2D eigenvalue weighted by Gasteiger charge is 2.37. The van der Waals surface area contributed by atoms with E-state index in [9.17, 15) is 14.4 Å². The van der Waals surface area contributed by atoms with Gasteiger partial charge in [-0.05, 0) is 98.3 Å². The molecule has 1 fully saturated rings. The smallest absolute Gasteiger partial charge is 0.326 e. The van der Waals surface area contributed by atoms with Crippen LogP contribution < -0.4 is 9.47 Å². The summed E-state index contributed by atoms with van der Waals surface area (Å²) in [5, 5.41) is -0.509. The van der Waals surface area contributed by atoms with Crippen molar-refractivity contribution in [2.24, 2.45) is 0 Å². The Balaban J connectivity index is 1.80. The molecule has 0 aromatic heterocycles. The number of esters is 1. The van der Waals surface area contributed by atoms with Gasteiger partial charge in [-0.1, -0.05) is 29.8 Å². The van der Waals surface area contributed by atoms with E-state index in [1.807, 2.05) is 38.1 Å². The lowest BCUT2D eigenvalue weighted by atomic mass is 10.1. The maximum atomic E-state index is 12.8. The van der Waals surface area contributed by atoms with E-state index < -0.39 is 29.3 Å². The molecule has 3 rings (SSSR count). The summed E-state index contributed by atoms with van der Waals surface area (Å²) in [4.78, 5) is 38.5. The van der Waals surface area contributed by atoms with Gasteiger partial charge in [0.1, 0.15) is 18.8 Å². The molecule has 2 aromatic rings. The Morgan fingerprint density at radius 2 is 1.89 bits per heavy atom. The van der Waals surface area contributed by atoms with E-state index >= 15 is 0 Å². The van der Waals surface area contributed by atoms with E-state index in [0.29, 0.717) is 30.3 Å². The first-order chi connectivity index (χ1) is 16.5. The van der Waals surface area contributed by atoms with Gasteiger partial charge in [-0.25, -0.2) is 0 Å². The Kier molecular flexibility index (Phi) is 8.87. The van der Waals surface area contributed by atoms with Crippen molar-refractivity contribution in [1.29, 1.82) is 0 Å². The zero-order valence-electron chi connectivity index (χ0n) is 20.3. The van der Waals surface area contributed by atoms with Crippen molar-refractivity contribution in [3.05, 3.63) is 61.6 Å². The highest BCUT2D eigenvalue weighted by atomic mass is 127. The second-order valence-electron chi connectivity index (χ2n) is 8.90. The molecular weight excluding hydrogens is 581 g/mol. The highest BCUT2D eigenvalue weighted by molar-refractivity contribution is 14.1. The van der Waals surface area contributed by atoms with Crippen LogP contribution in [0.5, 0.6) is 11.5 Å². The molecule has 1 aliphatic rings. The minimum Gasteiger partial charge on any atom is -0.490 e. The Hall–Kier alpha value is -2.53. The van der Waals surface area contributed by atoms with Crippen LogP contribution in [-0.2, 0) is 20.9 Å². The minimum absolute atomic E-state index is 0.227. The number of nitrogens with zero attached hydrogens (tertiary/aromatic N) is 1. The fourth-order valence-electron chi connectivity index (χ4n) is 3.32. The Morgan fingerprint density at radius 3 is 2.54 bits per heavy atom. The quantitative estimate of drug-likeness (QED) is 0.208. The molecule has 35 heavy (non-hydrogen) atoms. The van der Waals surface area contributed by atoms with Crippen LogP contribution in [0.4, 0.5) is 4.79 Å². The van der Waals surface area contributed by atoms with E-state index in [1.54, 1.807) is 32.9 Å². The number of halogens is 1. The Morgan fingerprint density at radius 1 is 1.14 bits per heavy atom. The lowest BCUT2D eigenvalue weighted by Crippen LogP contribution is -2.37. The molecule has 7 nitrogen and oxygen atoms in total. The van der Waals surface area contributed by atoms with E-state index in [-0.39, 0.29) is 4.91 Å². The summed E-state index contributed by atoms with van der Waals surface area (Å²) >= 11 is 2.96. The number of thioether (sulfide) groups is 1. The second-order valence-corrected chi connectivity index (χ2v) is 11.1. The predicted molar refractivity (Wildman–Crippen MR) is 144 cm³/mol. The molecule has 2 amide bonds. The van der Waals surface area contributed by atoms with Crippen LogP contribution in [0.25, 0.3) is 6.08 Å². The molecule has 0 aliphatic carbocycles. The average Bonchev–Trinajstić information content (AvgIpc) is 2.99. The Labute approximate surface area is 223 Å². The summed E-state index contributed by atoms with van der Waals surface area (Å²) in [7, 11) is 0. The van der Waals surface area contributed by atoms with Gasteiger partial charge in [0.2, 0.25) is 0 Å².